The van der Waals surface area contributed by atoms with Gasteiger partial charge in [-0.25, -0.2) is 0 Å². The van der Waals surface area contributed by atoms with Crippen LogP contribution in [0.5, 0.6) is 0 Å². The van der Waals surface area contributed by atoms with Crippen LogP contribution in [-0.2, 0) is 9.59 Å². The molecule has 166 valence electrons. The molecule has 3 aromatic rings. The molecule has 33 heavy (non-hydrogen) atoms. The molecule has 0 unspecified atom stereocenters. The number of carbonyl (C=O) groups excluding carboxylic acids is 2. The van der Waals surface area contributed by atoms with Crippen molar-refractivity contribution < 1.29 is 9.59 Å². The number of carbonyl (C=O) groups is 2. The zero-order valence-corrected chi connectivity index (χ0v) is 19.9. The number of amides is 2. The van der Waals surface area contributed by atoms with Crippen LogP contribution < -0.4 is 5.32 Å². The summed E-state index contributed by atoms with van der Waals surface area (Å²) in [7, 11) is 0. The summed E-state index contributed by atoms with van der Waals surface area (Å²) in [6.07, 6.45) is 4.76. The monoisotopic (exact) mass is 472 g/mol. The number of thiocarbonyl (C=S) groups is 1. The van der Waals surface area contributed by atoms with Gasteiger partial charge < -0.3 is 5.32 Å². The van der Waals surface area contributed by atoms with Crippen LogP contribution in [0.2, 0.25) is 0 Å². The van der Waals surface area contributed by atoms with E-state index in [0.29, 0.717) is 28.6 Å². The second-order valence-corrected chi connectivity index (χ2v) is 9.52. The van der Waals surface area contributed by atoms with E-state index in [4.69, 9.17) is 12.2 Å². The Bertz CT molecular complexity index is 1270. The minimum absolute atomic E-state index is 0.0760. The molecule has 4 rings (SSSR count). The highest BCUT2D eigenvalue weighted by molar-refractivity contribution is 8.26. The topological polar surface area (TPSA) is 49.4 Å². The maximum Gasteiger partial charge on any atom is 0.266 e. The Morgan fingerprint density at radius 1 is 1.03 bits per heavy atom. The van der Waals surface area contributed by atoms with Gasteiger partial charge in [0.2, 0.25) is 5.91 Å². The Labute approximate surface area is 203 Å². The molecule has 0 bridgehead atoms. The van der Waals surface area contributed by atoms with Gasteiger partial charge >= 0.3 is 0 Å². The Morgan fingerprint density at radius 3 is 2.55 bits per heavy atom. The number of hydrogen-bond acceptors (Lipinski definition) is 4. The molecule has 0 aliphatic carbocycles. The first-order valence-electron chi connectivity index (χ1n) is 10.8. The van der Waals surface area contributed by atoms with Gasteiger partial charge in [0.15, 0.2) is 0 Å². The standard InChI is InChI=1S/C27H24N2O2S2/c1-19(16-20-8-3-2-4-9-20)17-24-26(31)29(27(32)33-24)15-7-12-25(30)28-23-14-13-21-10-5-6-11-22(21)18-23/h2-6,8-11,13-14,16-18H,7,12,15H2,1H3,(H,28,30). The number of thioether (sulfide) groups is 1. The van der Waals surface area contributed by atoms with Crippen LogP contribution in [0.1, 0.15) is 25.3 Å². The molecule has 3 aromatic carbocycles. The van der Waals surface area contributed by atoms with Crippen molar-refractivity contribution in [2.24, 2.45) is 0 Å². The van der Waals surface area contributed by atoms with Crippen LogP contribution in [0, 0.1) is 0 Å². The van der Waals surface area contributed by atoms with E-state index in [-0.39, 0.29) is 11.8 Å². The molecule has 1 saturated heterocycles. The summed E-state index contributed by atoms with van der Waals surface area (Å²) in [5, 5.41) is 5.15. The van der Waals surface area contributed by atoms with Gasteiger partial charge in [0.05, 0.1) is 4.91 Å². The summed E-state index contributed by atoms with van der Waals surface area (Å²) in [6, 6.07) is 23.9. The van der Waals surface area contributed by atoms with Crippen molar-refractivity contribution in [3.05, 3.63) is 94.9 Å². The van der Waals surface area contributed by atoms with Crippen molar-refractivity contribution >= 4 is 62.7 Å². The highest BCUT2D eigenvalue weighted by Gasteiger charge is 2.31. The fourth-order valence-corrected chi connectivity index (χ4v) is 5.00. The van der Waals surface area contributed by atoms with Gasteiger partial charge in [0.1, 0.15) is 4.32 Å². The van der Waals surface area contributed by atoms with E-state index in [0.717, 1.165) is 27.6 Å². The fourth-order valence-electron chi connectivity index (χ4n) is 3.64. The van der Waals surface area contributed by atoms with E-state index in [1.54, 1.807) is 4.90 Å². The zero-order chi connectivity index (χ0) is 23.2. The van der Waals surface area contributed by atoms with E-state index in [9.17, 15) is 9.59 Å². The summed E-state index contributed by atoms with van der Waals surface area (Å²) < 4.78 is 0.536. The number of benzene rings is 3. The predicted octanol–water partition coefficient (Wildman–Crippen LogP) is 6.41. The lowest BCUT2D eigenvalue weighted by Crippen LogP contribution is -2.29. The molecule has 1 heterocycles. The quantitative estimate of drug-likeness (QED) is 0.319. The minimum Gasteiger partial charge on any atom is -0.326 e. The largest absolute Gasteiger partial charge is 0.326 e. The molecule has 1 aliphatic heterocycles. The maximum absolute atomic E-state index is 12.8. The molecule has 2 amide bonds. The zero-order valence-electron chi connectivity index (χ0n) is 18.3. The van der Waals surface area contributed by atoms with Gasteiger partial charge in [-0.3, -0.25) is 14.5 Å². The molecule has 0 atom stereocenters. The smallest absolute Gasteiger partial charge is 0.266 e. The van der Waals surface area contributed by atoms with E-state index in [1.165, 1.54) is 11.8 Å². The molecular weight excluding hydrogens is 448 g/mol. The third kappa shape index (κ3) is 5.97. The highest BCUT2D eigenvalue weighted by Crippen LogP contribution is 2.32. The Morgan fingerprint density at radius 2 is 1.76 bits per heavy atom. The molecule has 0 radical (unpaired) electrons. The minimum atomic E-state index is -0.0965. The van der Waals surface area contributed by atoms with Crippen molar-refractivity contribution in [3.8, 4) is 0 Å². The first kappa shape index (κ1) is 23.0. The van der Waals surface area contributed by atoms with Gasteiger partial charge in [-0.1, -0.05) is 90.7 Å². The van der Waals surface area contributed by atoms with Crippen LogP contribution in [0.3, 0.4) is 0 Å². The third-order valence-corrected chi connectivity index (χ3v) is 6.62. The Kier molecular flexibility index (Phi) is 7.37. The number of fused-ring (bicyclic) bond motifs is 1. The number of nitrogens with one attached hydrogen (secondary N) is 1. The number of hydrogen-bond donors (Lipinski definition) is 1. The van der Waals surface area contributed by atoms with Crippen LogP contribution >= 0.6 is 24.0 Å². The van der Waals surface area contributed by atoms with Crippen LogP contribution in [0.4, 0.5) is 5.69 Å². The number of nitrogens with zero attached hydrogens (tertiary/aromatic N) is 1. The molecule has 0 spiro atoms. The van der Waals surface area contributed by atoms with E-state index >= 15 is 0 Å². The van der Waals surface area contributed by atoms with Gasteiger partial charge in [-0.2, -0.15) is 0 Å². The second-order valence-electron chi connectivity index (χ2n) is 7.85. The lowest BCUT2D eigenvalue weighted by molar-refractivity contribution is -0.122. The normalized spacial score (nSPS) is 15.5. The lowest BCUT2D eigenvalue weighted by Gasteiger charge is -2.14. The molecular formula is C27H24N2O2S2. The number of anilines is 1. The van der Waals surface area contributed by atoms with Gasteiger partial charge in [0, 0.05) is 18.7 Å². The SMILES string of the molecule is CC(=Cc1ccccc1)C=C1SC(=S)N(CCCC(=O)Nc2ccc3ccccc3c2)C1=O. The van der Waals surface area contributed by atoms with Crippen LogP contribution in [0.15, 0.2) is 89.4 Å². The van der Waals surface area contributed by atoms with Crippen LogP contribution in [-0.4, -0.2) is 27.6 Å². The summed E-state index contributed by atoms with van der Waals surface area (Å²) in [5.74, 6) is -0.173. The molecule has 6 heteroatoms. The average molecular weight is 473 g/mol. The lowest BCUT2D eigenvalue weighted by atomic mass is 10.1. The maximum atomic E-state index is 12.8. The van der Waals surface area contributed by atoms with Crippen molar-refractivity contribution in [3.63, 3.8) is 0 Å². The summed E-state index contributed by atoms with van der Waals surface area (Å²) in [6.45, 7) is 2.39. The number of rotatable bonds is 7. The molecule has 1 aliphatic rings. The average Bonchev–Trinajstić information content (AvgIpc) is 3.07. The van der Waals surface area contributed by atoms with Gasteiger partial charge in [0.25, 0.3) is 5.91 Å². The van der Waals surface area contributed by atoms with E-state index < -0.39 is 0 Å². The van der Waals surface area contributed by atoms with Gasteiger partial charge in [-0.15, -0.1) is 0 Å². The molecule has 0 saturated carbocycles. The first-order valence-corrected chi connectivity index (χ1v) is 12.0. The van der Waals surface area contributed by atoms with E-state index in [1.807, 2.05) is 91.9 Å². The Balaban J connectivity index is 1.30. The highest BCUT2D eigenvalue weighted by atomic mass is 32.2. The molecule has 4 nitrogen and oxygen atoms in total. The van der Waals surface area contributed by atoms with Crippen molar-refractivity contribution in [1.29, 1.82) is 0 Å². The summed E-state index contributed by atoms with van der Waals surface area (Å²) in [5.41, 5.74) is 2.84. The predicted molar refractivity (Wildman–Crippen MR) is 142 cm³/mol. The third-order valence-electron chi connectivity index (χ3n) is 5.25. The summed E-state index contributed by atoms with van der Waals surface area (Å²) in [4.78, 5) is 27.4. The molecule has 1 N–H and O–H groups in total. The van der Waals surface area contributed by atoms with E-state index in [2.05, 4.69) is 5.32 Å². The Hall–Kier alpha value is -3.22. The van der Waals surface area contributed by atoms with Crippen molar-refractivity contribution in [2.75, 3.05) is 11.9 Å². The molecule has 0 aromatic heterocycles. The fraction of sp³-hybridized carbons (Fsp3) is 0.148. The second kappa shape index (κ2) is 10.6. The van der Waals surface area contributed by atoms with Crippen molar-refractivity contribution in [1.82, 2.24) is 4.90 Å². The van der Waals surface area contributed by atoms with Gasteiger partial charge in [-0.05, 0) is 53.5 Å². The van der Waals surface area contributed by atoms with Crippen LogP contribution in [0.25, 0.3) is 16.8 Å². The summed E-state index contributed by atoms with van der Waals surface area (Å²) >= 11 is 6.72. The first-order chi connectivity index (χ1) is 16.0. The number of allylic oxidation sites excluding steroid dienone is 2. The molecule has 1 fully saturated rings. The van der Waals surface area contributed by atoms with Crippen molar-refractivity contribution in [2.45, 2.75) is 19.8 Å².